The first-order valence-electron chi connectivity index (χ1n) is 5.14. The average Bonchev–Trinajstić information content (AvgIpc) is 2.74. The Labute approximate surface area is 98.1 Å². The highest BCUT2D eigenvalue weighted by Gasteiger charge is 2.22. The standard InChI is InChI=1S/C12H12N2O3/c1-13-8-4-7-11(13)12(15)9-5-2-3-6-10(9)14(16)17/h2-8,12,15H,1H3. The zero-order valence-corrected chi connectivity index (χ0v) is 9.28. The molecule has 5 nitrogen and oxygen atoms in total. The van der Waals surface area contributed by atoms with E-state index in [2.05, 4.69) is 0 Å². The van der Waals surface area contributed by atoms with E-state index >= 15 is 0 Å². The topological polar surface area (TPSA) is 68.3 Å². The smallest absolute Gasteiger partial charge is 0.275 e. The first-order chi connectivity index (χ1) is 8.11. The Bertz CT molecular complexity index is 548. The predicted molar refractivity (Wildman–Crippen MR) is 62.6 cm³/mol. The highest BCUT2D eigenvalue weighted by Crippen LogP contribution is 2.29. The third kappa shape index (κ3) is 2.05. The fraction of sp³-hybridized carbons (Fsp3) is 0.167. The molecule has 1 aromatic heterocycles. The van der Waals surface area contributed by atoms with Crippen LogP contribution in [0.15, 0.2) is 42.6 Å². The predicted octanol–water partition coefficient (Wildman–Crippen LogP) is 2.02. The van der Waals surface area contributed by atoms with Crippen LogP contribution in [0.5, 0.6) is 0 Å². The van der Waals surface area contributed by atoms with E-state index in [0.717, 1.165) is 0 Å². The number of nitro groups is 1. The molecule has 0 aliphatic heterocycles. The number of benzene rings is 1. The Hall–Kier alpha value is -2.14. The number of para-hydroxylation sites is 1. The maximum atomic E-state index is 10.9. The summed E-state index contributed by atoms with van der Waals surface area (Å²) in [6.07, 6.45) is 0.796. The number of aliphatic hydroxyl groups excluding tert-OH is 1. The van der Waals surface area contributed by atoms with Gasteiger partial charge in [0.2, 0.25) is 0 Å². The van der Waals surface area contributed by atoms with Gasteiger partial charge in [-0.05, 0) is 18.2 Å². The fourth-order valence-electron chi connectivity index (χ4n) is 1.80. The Morgan fingerprint density at radius 3 is 2.59 bits per heavy atom. The maximum Gasteiger partial charge on any atom is 0.275 e. The van der Waals surface area contributed by atoms with Crippen molar-refractivity contribution < 1.29 is 10.0 Å². The number of rotatable bonds is 3. The van der Waals surface area contributed by atoms with E-state index in [4.69, 9.17) is 0 Å². The molecule has 1 atom stereocenters. The lowest BCUT2D eigenvalue weighted by molar-refractivity contribution is -0.386. The van der Waals surface area contributed by atoms with Crippen LogP contribution in [-0.4, -0.2) is 14.6 Å². The second-order valence-electron chi connectivity index (χ2n) is 3.76. The molecule has 0 saturated carbocycles. The highest BCUT2D eigenvalue weighted by molar-refractivity contribution is 5.44. The number of hydrogen-bond donors (Lipinski definition) is 1. The third-order valence-corrected chi connectivity index (χ3v) is 2.69. The molecule has 2 aromatic rings. The van der Waals surface area contributed by atoms with Crippen molar-refractivity contribution in [3.05, 3.63) is 64.0 Å². The summed E-state index contributed by atoms with van der Waals surface area (Å²) in [7, 11) is 1.79. The van der Waals surface area contributed by atoms with Crippen LogP contribution < -0.4 is 0 Å². The molecule has 1 N–H and O–H groups in total. The minimum Gasteiger partial charge on any atom is -0.382 e. The largest absolute Gasteiger partial charge is 0.382 e. The van der Waals surface area contributed by atoms with Crippen LogP contribution in [-0.2, 0) is 7.05 Å². The van der Waals surface area contributed by atoms with Crippen molar-refractivity contribution in [2.24, 2.45) is 7.05 Å². The number of hydrogen-bond acceptors (Lipinski definition) is 3. The molecule has 2 rings (SSSR count). The Balaban J connectivity index is 2.48. The average molecular weight is 232 g/mol. The van der Waals surface area contributed by atoms with Gasteiger partial charge in [0.05, 0.1) is 16.2 Å². The van der Waals surface area contributed by atoms with Gasteiger partial charge >= 0.3 is 0 Å². The second kappa shape index (κ2) is 4.39. The quantitative estimate of drug-likeness (QED) is 0.650. The second-order valence-corrected chi connectivity index (χ2v) is 3.76. The summed E-state index contributed by atoms with van der Waals surface area (Å²) in [6.45, 7) is 0. The van der Waals surface area contributed by atoms with Gasteiger partial charge in [0, 0.05) is 19.3 Å². The molecule has 0 bridgehead atoms. The van der Waals surface area contributed by atoms with E-state index in [1.54, 1.807) is 48.1 Å². The summed E-state index contributed by atoms with van der Waals surface area (Å²) in [5.74, 6) is 0. The monoisotopic (exact) mass is 232 g/mol. The Kier molecular flexibility index (Phi) is 2.93. The SMILES string of the molecule is Cn1cccc1C(O)c1ccccc1[N+](=O)[O-]. The van der Waals surface area contributed by atoms with E-state index in [-0.39, 0.29) is 5.69 Å². The minimum atomic E-state index is -0.989. The number of aryl methyl sites for hydroxylation is 1. The molecule has 0 saturated heterocycles. The van der Waals surface area contributed by atoms with Gasteiger partial charge in [0.25, 0.3) is 5.69 Å². The van der Waals surface area contributed by atoms with Crippen LogP contribution in [0.4, 0.5) is 5.69 Å². The van der Waals surface area contributed by atoms with Crippen molar-refractivity contribution in [3.63, 3.8) is 0 Å². The lowest BCUT2D eigenvalue weighted by atomic mass is 10.0. The van der Waals surface area contributed by atoms with Crippen LogP contribution in [0.3, 0.4) is 0 Å². The Morgan fingerprint density at radius 2 is 2.00 bits per heavy atom. The zero-order chi connectivity index (χ0) is 12.4. The maximum absolute atomic E-state index is 10.9. The molecule has 0 fully saturated rings. The first-order valence-corrected chi connectivity index (χ1v) is 5.14. The van der Waals surface area contributed by atoms with Crippen molar-refractivity contribution in [3.8, 4) is 0 Å². The van der Waals surface area contributed by atoms with Crippen molar-refractivity contribution in [2.75, 3.05) is 0 Å². The number of nitro benzene ring substituents is 1. The third-order valence-electron chi connectivity index (χ3n) is 2.69. The van der Waals surface area contributed by atoms with Gasteiger partial charge in [-0.25, -0.2) is 0 Å². The molecule has 0 aliphatic carbocycles. The summed E-state index contributed by atoms with van der Waals surface area (Å²) in [5, 5.41) is 21.0. The molecule has 5 heteroatoms. The fourth-order valence-corrected chi connectivity index (χ4v) is 1.80. The minimum absolute atomic E-state index is 0.0683. The van der Waals surface area contributed by atoms with Crippen LogP contribution in [0.25, 0.3) is 0 Å². The van der Waals surface area contributed by atoms with Gasteiger partial charge in [0.1, 0.15) is 6.10 Å². The molecule has 1 aromatic carbocycles. The van der Waals surface area contributed by atoms with E-state index in [1.807, 2.05) is 0 Å². The molecule has 88 valence electrons. The van der Waals surface area contributed by atoms with Crippen molar-refractivity contribution in [1.82, 2.24) is 4.57 Å². The number of aliphatic hydroxyl groups is 1. The molecule has 0 amide bonds. The summed E-state index contributed by atoms with van der Waals surface area (Å²) in [4.78, 5) is 10.4. The molecular weight excluding hydrogens is 220 g/mol. The summed E-state index contributed by atoms with van der Waals surface area (Å²) < 4.78 is 1.74. The molecule has 17 heavy (non-hydrogen) atoms. The normalized spacial score (nSPS) is 12.4. The van der Waals surface area contributed by atoms with Crippen molar-refractivity contribution >= 4 is 5.69 Å². The summed E-state index contributed by atoms with van der Waals surface area (Å²) >= 11 is 0. The number of aromatic nitrogens is 1. The summed E-state index contributed by atoms with van der Waals surface area (Å²) in [6, 6.07) is 9.74. The van der Waals surface area contributed by atoms with E-state index in [1.165, 1.54) is 6.07 Å². The van der Waals surface area contributed by atoms with Gasteiger partial charge < -0.3 is 9.67 Å². The van der Waals surface area contributed by atoms with Gasteiger partial charge in [-0.15, -0.1) is 0 Å². The van der Waals surface area contributed by atoms with Crippen LogP contribution in [0.1, 0.15) is 17.4 Å². The molecule has 0 aliphatic rings. The van der Waals surface area contributed by atoms with Crippen LogP contribution >= 0.6 is 0 Å². The number of nitrogens with zero attached hydrogens (tertiary/aromatic N) is 2. The molecular formula is C12H12N2O3. The Morgan fingerprint density at radius 1 is 1.29 bits per heavy atom. The van der Waals surface area contributed by atoms with Gasteiger partial charge in [-0.2, -0.15) is 0 Å². The van der Waals surface area contributed by atoms with E-state index < -0.39 is 11.0 Å². The van der Waals surface area contributed by atoms with Crippen molar-refractivity contribution in [2.45, 2.75) is 6.10 Å². The van der Waals surface area contributed by atoms with Crippen LogP contribution in [0.2, 0.25) is 0 Å². The van der Waals surface area contributed by atoms with Gasteiger partial charge in [-0.3, -0.25) is 10.1 Å². The lowest BCUT2D eigenvalue weighted by Crippen LogP contribution is -2.07. The molecule has 0 radical (unpaired) electrons. The first kappa shape index (κ1) is 11.3. The molecule has 0 spiro atoms. The van der Waals surface area contributed by atoms with E-state index in [0.29, 0.717) is 11.3 Å². The highest BCUT2D eigenvalue weighted by atomic mass is 16.6. The van der Waals surface area contributed by atoms with Crippen LogP contribution in [0, 0.1) is 10.1 Å². The van der Waals surface area contributed by atoms with E-state index in [9.17, 15) is 15.2 Å². The van der Waals surface area contributed by atoms with Gasteiger partial charge in [0.15, 0.2) is 0 Å². The molecule has 1 heterocycles. The zero-order valence-electron chi connectivity index (χ0n) is 9.28. The van der Waals surface area contributed by atoms with Crippen molar-refractivity contribution in [1.29, 1.82) is 0 Å². The molecule has 1 unspecified atom stereocenters. The lowest BCUT2D eigenvalue weighted by Gasteiger charge is -2.12. The summed E-state index contributed by atoms with van der Waals surface area (Å²) in [5.41, 5.74) is 0.861. The van der Waals surface area contributed by atoms with Gasteiger partial charge in [-0.1, -0.05) is 12.1 Å².